The van der Waals surface area contributed by atoms with E-state index in [1.165, 1.54) is 30.8 Å². The Morgan fingerprint density at radius 3 is 2.50 bits per heavy atom. The van der Waals surface area contributed by atoms with E-state index < -0.39 is 16.0 Å². The van der Waals surface area contributed by atoms with Gasteiger partial charge in [-0.15, -0.1) is 5.10 Å². The van der Waals surface area contributed by atoms with Crippen LogP contribution < -0.4 is 4.72 Å². The molecule has 3 rings (SSSR count). The van der Waals surface area contributed by atoms with E-state index in [4.69, 9.17) is 0 Å². The molecule has 3 aromatic rings. The SMILES string of the molecule is COC(=O)c1ccc(C)c(S(=O)(=O)Nc2ccc(-c3csnn3)cc2)c1. The van der Waals surface area contributed by atoms with Gasteiger partial charge in [0.15, 0.2) is 0 Å². The third-order valence-corrected chi connectivity index (χ3v) is 5.72. The lowest BCUT2D eigenvalue weighted by Gasteiger charge is -2.12. The number of sulfonamides is 1. The highest BCUT2D eigenvalue weighted by Gasteiger charge is 2.19. The van der Waals surface area contributed by atoms with E-state index in [0.717, 1.165) is 11.3 Å². The van der Waals surface area contributed by atoms with Crippen molar-refractivity contribution in [3.8, 4) is 11.3 Å². The highest BCUT2D eigenvalue weighted by Crippen LogP contribution is 2.24. The average molecular weight is 389 g/mol. The molecule has 7 nitrogen and oxygen atoms in total. The van der Waals surface area contributed by atoms with Gasteiger partial charge in [0.1, 0.15) is 5.69 Å². The summed E-state index contributed by atoms with van der Waals surface area (Å²) in [4.78, 5) is 11.7. The average Bonchev–Trinajstić information content (AvgIpc) is 3.16. The highest BCUT2D eigenvalue weighted by atomic mass is 32.2. The molecule has 0 fully saturated rings. The first-order chi connectivity index (χ1) is 12.4. The van der Waals surface area contributed by atoms with Crippen LogP contribution in [0.25, 0.3) is 11.3 Å². The number of esters is 1. The molecule has 0 atom stereocenters. The first kappa shape index (κ1) is 18.0. The lowest BCUT2D eigenvalue weighted by atomic mass is 10.1. The zero-order valence-corrected chi connectivity index (χ0v) is 15.6. The maximum absolute atomic E-state index is 12.7. The van der Waals surface area contributed by atoms with Crippen molar-refractivity contribution in [2.45, 2.75) is 11.8 Å². The lowest BCUT2D eigenvalue weighted by molar-refractivity contribution is 0.0600. The maximum atomic E-state index is 12.7. The molecule has 1 N–H and O–H groups in total. The molecular weight excluding hydrogens is 374 g/mol. The number of hydrogen-bond acceptors (Lipinski definition) is 7. The van der Waals surface area contributed by atoms with Gasteiger partial charge in [-0.1, -0.05) is 22.7 Å². The fourth-order valence-corrected chi connectivity index (χ4v) is 4.14. The van der Waals surface area contributed by atoms with Crippen molar-refractivity contribution in [1.82, 2.24) is 9.59 Å². The van der Waals surface area contributed by atoms with Crippen LogP contribution in [0.1, 0.15) is 15.9 Å². The Morgan fingerprint density at radius 2 is 1.88 bits per heavy atom. The molecule has 26 heavy (non-hydrogen) atoms. The number of nitrogens with zero attached hydrogens (tertiary/aromatic N) is 2. The van der Waals surface area contributed by atoms with Crippen molar-refractivity contribution in [2.24, 2.45) is 0 Å². The molecular formula is C17H15N3O4S2. The number of aryl methyl sites for hydroxylation is 1. The molecule has 0 saturated heterocycles. The van der Waals surface area contributed by atoms with Crippen LogP contribution in [0.3, 0.4) is 0 Å². The summed E-state index contributed by atoms with van der Waals surface area (Å²) in [6, 6.07) is 11.2. The second kappa shape index (κ2) is 7.22. The molecule has 0 aliphatic heterocycles. The lowest BCUT2D eigenvalue weighted by Crippen LogP contribution is -2.15. The van der Waals surface area contributed by atoms with Gasteiger partial charge in [0.2, 0.25) is 0 Å². The van der Waals surface area contributed by atoms with Crippen molar-refractivity contribution < 1.29 is 17.9 Å². The Hall–Kier alpha value is -2.78. The first-order valence-corrected chi connectivity index (χ1v) is 9.82. The number of rotatable bonds is 5. The number of carbonyl (C=O) groups excluding carboxylic acids is 1. The number of carbonyl (C=O) groups is 1. The minimum atomic E-state index is -3.86. The Labute approximate surface area is 154 Å². The molecule has 9 heteroatoms. The fraction of sp³-hybridized carbons (Fsp3) is 0.118. The Morgan fingerprint density at radius 1 is 1.15 bits per heavy atom. The number of hydrogen-bond donors (Lipinski definition) is 1. The van der Waals surface area contributed by atoms with Gasteiger partial charge in [0.05, 0.1) is 17.6 Å². The van der Waals surface area contributed by atoms with E-state index >= 15 is 0 Å². The predicted octanol–water partition coefficient (Wildman–Crippen LogP) is 3.10. The summed E-state index contributed by atoms with van der Waals surface area (Å²) in [5, 5.41) is 5.78. The molecule has 1 aromatic heterocycles. The van der Waals surface area contributed by atoms with Gasteiger partial charge in [-0.25, -0.2) is 13.2 Å². The molecule has 0 amide bonds. The summed E-state index contributed by atoms with van der Waals surface area (Å²) in [6.45, 7) is 1.66. The standard InChI is InChI=1S/C17H15N3O4S2/c1-11-3-4-13(17(21)24-2)9-16(11)26(22,23)19-14-7-5-12(6-8-14)15-10-25-20-18-15/h3-10,19H,1-2H3. The summed E-state index contributed by atoms with van der Waals surface area (Å²) in [7, 11) is -2.61. The maximum Gasteiger partial charge on any atom is 0.337 e. The zero-order chi connectivity index (χ0) is 18.7. The van der Waals surface area contributed by atoms with E-state index in [1.807, 2.05) is 0 Å². The van der Waals surface area contributed by atoms with E-state index in [1.54, 1.807) is 42.6 Å². The van der Waals surface area contributed by atoms with E-state index in [9.17, 15) is 13.2 Å². The third-order valence-electron chi connectivity index (χ3n) is 3.69. The number of benzene rings is 2. The van der Waals surface area contributed by atoms with E-state index in [0.29, 0.717) is 11.3 Å². The van der Waals surface area contributed by atoms with Crippen LogP contribution in [0.2, 0.25) is 0 Å². The van der Waals surface area contributed by atoms with E-state index in [2.05, 4.69) is 19.0 Å². The molecule has 0 bridgehead atoms. The molecule has 134 valence electrons. The molecule has 0 spiro atoms. The number of ether oxygens (including phenoxy) is 1. The second-order valence-corrected chi connectivity index (χ2v) is 7.71. The number of methoxy groups -OCH3 is 1. The fourth-order valence-electron chi connectivity index (χ4n) is 2.34. The van der Waals surface area contributed by atoms with Crippen molar-refractivity contribution in [1.29, 1.82) is 0 Å². The van der Waals surface area contributed by atoms with Crippen LogP contribution >= 0.6 is 11.5 Å². The van der Waals surface area contributed by atoms with Crippen LogP contribution in [0.15, 0.2) is 52.7 Å². The topological polar surface area (TPSA) is 98.2 Å². The molecule has 1 heterocycles. The van der Waals surface area contributed by atoms with Crippen LogP contribution in [-0.2, 0) is 14.8 Å². The van der Waals surface area contributed by atoms with Crippen molar-refractivity contribution in [3.05, 3.63) is 59.0 Å². The third kappa shape index (κ3) is 3.73. The van der Waals surface area contributed by atoms with Gasteiger partial charge in [-0.2, -0.15) is 0 Å². The summed E-state index contributed by atoms with van der Waals surface area (Å²) >= 11 is 1.24. The van der Waals surface area contributed by atoms with Gasteiger partial charge in [0.25, 0.3) is 10.0 Å². The van der Waals surface area contributed by atoms with Crippen molar-refractivity contribution >= 4 is 33.2 Å². The smallest absolute Gasteiger partial charge is 0.337 e. The summed E-state index contributed by atoms with van der Waals surface area (Å²) in [5.41, 5.74) is 2.66. The Bertz CT molecular complexity index is 1030. The van der Waals surface area contributed by atoms with Gasteiger partial charge < -0.3 is 4.74 Å². The second-order valence-electron chi connectivity index (χ2n) is 5.44. The number of nitrogens with one attached hydrogen (secondary N) is 1. The van der Waals surface area contributed by atoms with E-state index in [-0.39, 0.29) is 10.5 Å². The molecule has 2 aromatic carbocycles. The Balaban J connectivity index is 1.88. The highest BCUT2D eigenvalue weighted by molar-refractivity contribution is 7.92. The van der Waals surface area contributed by atoms with Gasteiger partial charge in [0, 0.05) is 16.6 Å². The van der Waals surface area contributed by atoms with Crippen LogP contribution in [-0.4, -0.2) is 31.1 Å². The first-order valence-electron chi connectivity index (χ1n) is 7.50. The van der Waals surface area contributed by atoms with Crippen molar-refractivity contribution in [2.75, 3.05) is 11.8 Å². The molecule has 0 radical (unpaired) electrons. The zero-order valence-electron chi connectivity index (χ0n) is 14.0. The molecule has 0 aliphatic carbocycles. The molecule has 0 aliphatic rings. The minimum absolute atomic E-state index is 0.0215. The summed E-state index contributed by atoms with van der Waals surface area (Å²) < 4.78 is 36.4. The number of anilines is 1. The molecule has 0 saturated carbocycles. The Kier molecular flexibility index (Phi) is 5.01. The molecule has 0 unspecified atom stereocenters. The summed E-state index contributed by atoms with van der Waals surface area (Å²) in [6.07, 6.45) is 0. The number of aromatic nitrogens is 2. The monoisotopic (exact) mass is 389 g/mol. The van der Waals surface area contributed by atoms with Gasteiger partial charge in [-0.3, -0.25) is 4.72 Å². The predicted molar refractivity (Wildman–Crippen MR) is 98.7 cm³/mol. The largest absolute Gasteiger partial charge is 0.465 e. The van der Waals surface area contributed by atoms with Crippen LogP contribution in [0.5, 0.6) is 0 Å². The van der Waals surface area contributed by atoms with Crippen LogP contribution in [0, 0.1) is 6.92 Å². The van der Waals surface area contributed by atoms with Gasteiger partial charge >= 0.3 is 5.97 Å². The minimum Gasteiger partial charge on any atom is -0.465 e. The normalized spacial score (nSPS) is 11.2. The van der Waals surface area contributed by atoms with Crippen molar-refractivity contribution in [3.63, 3.8) is 0 Å². The summed E-state index contributed by atoms with van der Waals surface area (Å²) in [5.74, 6) is -0.595. The van der Waals surface area contributed by atoms with Crippen LogP contribution in [0.4, 0.5) is 5.69 Å². The van der Waals surface area contributed by atoms with Gasteiger partial charge in [-0.05, 0) is 48.3 Å². The quantitative estimate of drug-likeness (QED) is 0.673.